The van der Waals surface area contributed by atoms with Crippen molar-refractivity contribution in [3.05, 3.63) is 70.7 Å². The molecule has 0 spiro atoms. The second kappa shape index (κ2) is 7.69. The molecule has 128 valence electrons. The van der Waals surface area contributed by atoms with Crippen LogP contribution >= 0.6 is 11.6 Å². The van der Waals surface area contributed by atoms with Crippen LogP contribution in [-0.4, -0.2) is 31.1 Å². The molecule has 2 aromatic rings. The molecule has 3 heteroatoms. The SMILES string of the molecule is [2H]C([2H])([2H])N1CCC[C@@H]1CCO[C@](c1ccccc1)(c1ccc(Cl)cc1)C([2H])([2H])[2H]. The lowest BCUT2D eigenvalue weighted by Gasteiger charge is -2.32. The van der Waals surface area contributed by atoms with Crippen molar-refractivity contribution in [2.24, 2.45) is 0 Å². The Bertz CT molecular complexity index is 824. The number of hydrogen-bond acceptors (Lipinski definition) is 2. The third kappa shape index (κ3) is 3.83. The van der Waals surface area contributed by atoms with E-state index < -0.39 is 19.4 Å². The van der Waals surface area contributed by atoms with Crippen LogP contribution in [0.25, 0.3) is 0 Å². The van der Waals surface area contributed by atoms with Gasteiger partial charge in [0.05, 0.1) is 0 Å². The minimum Gasteiger partial charge on any atom is -0.366 e. The Kier molecular flexibility index (Phi) is 3.62. The van der Waals surface area contributed by atoms with Crippen LogP contribution in [0.2, 0.25) is 5.02 Å². The van der Waals surface area contributed by atoms with E-state index in [9.17, 15) is 0 Å². The minimum atomic E-state index is -2.50. The van der Waals surface area contributed by atoms with Gasteiger partial charge in [0.25, 0.3) is 0 Å². The highest BCUT2D eigenvalue weighted by atomic mass is 35.5. The first-order chi connectivity index (χ1) is 14.1. The van der Waals surface area contributed by atoms with Crippen LogP contribution in [0.5, 0.6) is 0 Å². The molecule has 0 radical (unpaired) electrons. The van der Waals surface area contributed by atoms with Crippen molar-refractivity contribution in [3.8, 4) is 0 Å². The third-order valence-electron chi connectivity index (χ3n) is 4.58. The smallest absolute Gasteiger partial charge is 0.115 e. The Labute approximate surface area is 158 Å². The van der Waals surface area contributed by atoms with E-state index in [1.54, 1.807) is 48.5 Å². The number of rotatable bonds is 6. The largest absolute Gasteiger partial charge is 0.366 e. The van der Waals surface area contributed by atoms with Crippen molar-refractivity contribution in [1.82, 2.24) is 4.90 Å². The van der Waals surface area contributed by atoms with E-state index in [1.165, 1.54) is 4.90 Å². The van der Waals surface area contributed by atoms with Crippen LogP contribution in [0.1, 0.15) is 45.5 Å². The third-order valence-corrected chi connectivity index (χ3v) is 4.83. The molecule has 1 heterocycles. The molecule has 3 rings (SSSR count). The maximum absolute atomic E-state index is 8.37. The second-order valence-corrected chi connectivity index (χ2v) is 6.62. The quantitative estimate of drug-likeness (QED) is 0.719. The predicted octanol–water partition coefficient (Wildman–Crippen LogP) is 5.10. The summed E-state index contributed by atoms with van der Waals surface area (Å²) in [5.74, 6) is 0. The van der Waals surface area contributed by atoms with E-state index in [0.29, 0.717) is 29.1 Å². The van der Waals surface area contributed by atoms with Crippen molar-refractivity contribution in [2.45, 2.75) is 37.8 Å². The van der Waals surface area contributed by atoms with Crippen molar-refractivity contribution in [3.63, 3.8) is 0 Å². The van der Waals surface area contributed by atoms with E-state index in [1.807, 2.05) is 6.07 Å². The second-order valence-electron chi connectivity index (χ2n) is 6.18. The first-order valence-electron chi connectivity index (χ1n) is 11.3. The molecule has 1 fully saturated rings. The molecule has 2 atom stereocenters. The number of benzene rings is 2. The fourth-order valence-electron chi connectivity index (χ4n) is 3.17. The van der Waals surface area contributed by atoms with Crippen LogP contribution in [0.4, 0.5) is 0 Å². The van der Waals surface area contributed by atoms with Crippen LogP contribution in [-0.2, 0) is 10.3 Å². The maximum Gasteiger partial charge on any atom is 0.115 e. The molecule has 0 amide bonds. The highest BCUT2D eigenvalue weighted by molar-refractivity contribution is 6.30. The van der Waals surface area contributed by atoms with Crippen LogP contribution in [0.3, 0.4) is 0 Å². The molecule has 0 bridgehead atoms. The van der Waals surface area contributed by atoms with Gasteiger partial charge in [-0.3, -0.25) is 0 Å². The van der Waals surface area contributed by atoms with Gasteiger partial charge in [-0.05, 0) is 62.9 Å². The molecule has 2 aromatic carbocycles. The molecule has 1 saturated heterocycles. The number of likely N-dealkylation sites (tertiary alicyclic amines) is 1. The standard InChI is InChI=1S/C21H26ClNO/c1-21(17-7-4-3-5-8-17,18-10-12-19(22)13-11-18)24-16-14-20-9-6-15-23(20)2/h3-5,7-8,10-13,20H,6,9,14-16H2,1-2H3/t20-,21-/m1/s1/i1D3,2D3. The summed E-state index contributed by atoms with van der Waals surface area (Å²) in [5, 5.41) is 0.505. The number of ether oxygens (including phenoxy) is 1. The summed E-state index contributed by atoms with van der Waals surface area (Å²) < 4.78 is 54.5. The summed E-state index contributed by atoms with van der Waals surface area (Å²) in [7, 11) is 0. The van der Waals surface area contributed by atoms with Gasteiger partial charge in [-0.25, -0.2) is 0 Å². The zero-order valence-electron chi connectivity index (χ0n) is 19.5. The summed E-state index contributed by atoms with van der Waals surface area (Å²) >= 11 is 6.03. The fraction of sp³-hybridized carbons (Fsp3) is 0.429. The zero-order chi connectivity index (χ0) is 22.0. The molecule has 2 nitrogen and oxygen atoms in total. The Morgan fingerprint density at radius 3 is 2.62 bits per heavy atom. The topological polar surface area (TPSA) is 12.5 Å². The van der Waals surface area contributed by atoms with E-state index in [-0.39, 0.29) is 12.6 Å². The van der Waals surface area contributed by atoms with Gasteiger partial charge >= 0.3 is 0 Å². The van der Waals surface area contributed by atoms with Gasteiger partial charge in [-0.15, -0.1) is 0 Å². The number of nitrogens with zero attached hydrogens (tertiary/aromatic N) is 1. The van der Waals surface area contributed by atoms with E-state index in [4.69, 9.17) is 24.6 Å². The van der Waals surface area contributed by atoms with Gasteiger partial charge in [-0.2, -0.15) is 0 Å². The van der Waals surface area contributed by atoms with Crippen LogP contribution in [0.15, 0.2) is 54.6 Å². The highest BCUT2D eigenvalue weighted by Gasteiger charge is 2.30. The summed E-state index contributed by atoms with van der Waals surface area (Å²) in [6, 6.07) is 15.4. The van der Waals surface area contributed by atoms with Gasteiger partial charge < -0.3 is 9.64 Å². The molecular formula is C21H26ClNO. The van der Waals surface area contributed by atoms with Crippen molar-refractivity contribution in [2.75, 3.05) is 20.1 Å². The molecule has 1 aliphatic heterocycles. The molecule has 0 unspecified atom stereocenters. The van der Waals surface area contributed by atoms with E-state index in [2.05, 4.69) is 0 Å². The monoisotopic (exact) mass is 349 g/mol. The Morgan fingerprint density at radius 1 is 1.17 bits per heavy atom. The van der Waals surface area contributed by atoms with E-state index >= 15 is 0 Å². The molecule has 0 N–H and O–H groups in total. The van der Waals surface area contributed by atoms with Gasteiger partial charge in [0.15, 0.2) is 0 Å². The average Bonchev–Trinajstić information content (AvgIpc) is 3.15. The Morgan fingerprint density at radius 2 is 1.92 bits per heavy atom. The van der Waals surface area contributed by atoms with E-state index in [0.717, 1.165) is 12.8 Å². The summed E-state index contributed by atoms with van der Waals surface area (Å²) in [6.45, 7) is -4.02. The van der Waals surface area contributed by atoms with Gasteiger partial charge in [0, 0.05) is 25.9 Å². The normalized spacial score (nSPS) is 25.6. The lowest BCUT2D eigenvalue weighted by Crippen LogP contribution is -2.31. The molecule has 0 aliphatic carbocycles. The Hall–Kier alpha value is -1.35. The first kappa shape index (κ1) is 11.3. The summed E-state index contributed by atoms with van der Waals surface area (Å²) in [5.41, 5.74) is -0.675. The van der Waals surface area contributed by atoms with Crippen LogP contribution in [0, 0.1) is 0 Å². The van der Waals surface area contributed by atoms with Gasteiger partial charge in [-0.1, -0.05) is 54.1 Å². The Balaban J connectivity index is 1.93. The lowest BCUT2D eigenvalue weighted by atomic mass is 9.88. The van der Waals surface area contributed by atoms with Crippen molar-refractivity contribution < 1.29 is 13.0 Å². The molecule has 1 aliphatic rings. The lowest BCUT2D eigenvalue weighted by molar-refractivity contribution is -0.0117. The van der Waals surface area contributed by atoms with Gasteiger partial charge in [0.2, 0.25) is 0 Å². The van der Waals surface area contributed by atoms with Gasteiger partial charge in [0.1, 0.15) is 5.60 Å². The number of hydrogen-bond donors (Lipinski definition) is 0. The van der Waals surface area contributed by atoms with Crippen molar-refractivity contribution >= 4 is 11.6 Å². The predicted molar refractivity (Wildman–Crippen MR) is 101 cm³/mol. The molecule has 0 saturated carbocycles. The van der Waals surface area contributed by atoms with Crippen molar-refractivity contribution in [1.29, 1.82) is 0 Å². The zero-order valence-corrected chi connectivity index (χ0v) is 14.3. The molecular weight excluding hydrogens is 318 g/mol. The summed E-state index contributed by atoms with van der Waals surface area (Å²) in [6.07, 6.45) is 2.01. The molecule has 0 aromatic heterocycles. The molecule has 24 heavy (non-hydrogen) atoms. The average molecular weight is 350 g/mol. The maximum atomic E-state index is 8.37. The summed E-state index contributed by atoms with van der Waals surface area (Å²) in [4.78, 5) is 1.51. The first-order valence-corrected chi connectivity index (χ1v) is 8.66. The highest BCUT2D eigenvalue weighted by Crippen LogP contribution is 2.34. The number of halogens is 1. The minimum absolute atomic E-state index is 0.118. The van der Waals surface area contributed by atoms with Crippen LogP contribution < -0.4 is 0 Å². The fourth-order valence-corrected chi connectivity index (χ4v) is 3.30.